The van der Waals surface area contributed by atoms with Crippen molar-refractivity contribution in [2.24, 2.45) is 28.0 Å². The number of nitrogens with zero attached hydrogens (tertiary/aromatic N) is 2. The minimum atomic E-state index is -0.647. The Balaban J connectivity index is 1.96. The van der Waals surface area contributed by atoms with E-state index < -0.39 is 11.5 Å². The first-order valence-corrected chi connectivity index (χ1v) is 8.49. The molecule has 0 spiro atoms. The maximum absolute atomic E-state index is 13.2. The molecule has 1 amide bonds. The van der Waals surface area contributed by atoms with Crippen molar-refractivity contribution in [2.75, 3.05) is 6.61 Å². The lowest BCUT2D eigenvalue weighted by Crippen LogP contribution is -2.58. The summed E-state index contributed by atoms with van der Waals surface area (Å²) in [6, 6.07) is -0.428. The third-order valence-electron chi connectivity index (χ3n) is 6.22. The predicted molar refractivity (Wildman–Crippen MR) is 87.9 cm³/mol. The van der Waals surface area contributed by atoms with Gasteiger partial charge >= 0.3 is 0 Å². The van der Waals surface area contributed by atoms with Gasteiger partial charge in [-0.2, -0.15) is 0 Å². The fourth-order valence-corrected chi connectivity index (χ4v) is 4.76. The average Bonchev–Trinajstić information content (AvgIpc) is 2.95. The number of amidine groups is 1. The van der Waals surface area contributed by atoms with Crippen LogP contribution in [0.4, 0.5) is 0 Å². The molecule has 4 N–H and O–H groups in total. The van der Waals surface area contributed by atoms with Gasteiger partial charge in [-0.25, -0.2) is 0 Å². The van der Waals surface area contributed by atoms with Gasteiger partial charge in [-0.3, -0.25) is 9.79 Å². The first-order chi connectivity index (χ1) is 10.9. The molecule has 1 aliphatic carbocycles. The molecule has 0 bridgehead atoms. The van der Waals surface area contributed by atoms with E-state index in [-0.39, 0.29) is 36.8 Å². The molecule has 0 radical (unpaired) electrons. The number of aliphatic hydroxyl groups excluding tert-OH is 2. The second kappa shape index (κ2) is 5.51. The number of aliphatic imine (C=N–C) groups is 1. The zero-order chi connectivity index (χ0) is 16.9. The molecule has 2 aliphatic heterocycles. The van der Waals surface area contributed by atoms with E-state index in [4.69, 9.17) is 5.73 Å². The molecule has 3 aliphatic rings. The highest BCUT2D eigenvalue weighted by atomic mass is 16.3. The largest absolute Gasteiger partial charge is 0.513 e. The first kappa shape index (κ1) is 16.3. The predicted octanol–water partition coefficient (Wildman–Crippen LogP) is 1.20. The Morgan fingerprint density at radius 2 is 2.26 bits per heavy atom. The van der Waals surface area contributed by atoms with E-state index in [2.05, 4.69) is 18.5 Å². The highest BCUT2D eigenvalue weighted by Gasteiger charge is 2.63. The summed E-state index contributed by atoms with van der Waals surface area (Å²) in [6.45, 7) is 7.64. The quantitative estimate of drug-likeness (QED) is 0.640. The van der Waals surface area contributed by atoms with Gasteiger partial charge in [-0.05, 0) is 31.1 Å². The van der Waals surface area contributed by atoms with Crippen molar-refractivity contribution in [3.05, 3.63) is 12.3 Å². The summed E-state index contributed by atoms with van der Waals surface area (Å²) in [5.74, 6) is 1.61. The number of carbonyl (C=O) groups is 1. The molecule has 128 valence electrons. The molecule has 23 heavy (non-hydrogen) atoms. The lowest BCUT2D eigenvalue weighted by molar-refractivity contribution is -0.138. The van der Waals surface area contributed by atoms with E-state index in [1.807, 2.05) is 11.8 Å². The number of hydrogen-bond donors (Lipinski definition) is 3. The molecule has 0 aromatic carbocycles. The van der Waals surface area contributed by atoms with Crippen LogP contribution in [0.1, 0.15) is 39.5 Å². The summed E-state index contributed by atoms with van der Waals surface area (Å²) in [7, 11) is 0. The second-order valence-electron chi connectivity index (χ2n) is 7.40. The number of hydrogen-bond acceptors (Lipinski definition) is 5. The Kier molecular flexibility index (Phi) is 3.91. The molecule has 6 heteroatoms. The van der Waals surface area contributed by atoms with Crippen molar-refractivity contribution in [3.8, 4) is 0 Å². The van der Waals surface area contributed by atoms with Crippen LogP contribution in [0.15, 0.2) is 17.3 Å². The van der Waals surface area contributed by atoms with E-state index in [0.717, 1.165) is 6.42 Å². The molecular weight excluding hydrogens is 294 g/mol. The standard InChI is InChI=1S/C17H27N3O3/c1-4-17(5-6-21,8-9(2)22)14-16(23)20-12(15(18)19-14)7-11-10(3)13(11)20/h10-14,21-22H,2,4-8H2,1,3H3,(H2,18,19)/t10-,11?,12?,13?,14?,17?/m0/s1. The van der Waals surface area contributed by atoms with Gasteiger partial charge in [-0.1, -0.05) is 20.4 Å². The smallest absolute Gasteiger partial charge is 0.248 e. The number of aliphatic hydroxyl groups is 2. The molecule has 0 aromatic heterocycles. The third-order valence-corrected chi connectivity index (χ3v) is 6.22. The Hall–Kier alpha value is -1.56. The maximum atomic E-state index is 13.2. The summed E-state index contributed by atoms with van der Waals surface area (Å²) in [6.07, 6.45) is 2.16. The molecule has 2 fully saturated rings. The number of carbonyl (C=O) groups excluding carboxylic acids is 1. The zero-order valence-corrected chi connectivity index (χ0v) is 13.9. The lowest BCUT2D eigenvalue weighted by Gasteiger charge is -2.43. The van der Waals surface area contributed by atoms with E-state index in [9.17, 15) is 15.0 Å². The van der Waals surface area contributed by atoms with Crippen LogP contribution in [-0.2, 0) is 4.79 Å². The van der Waals surface area contributed by atoms with Crippen molar-refractivity contribution in [1.82, 2.24) is 4.90 Å². The Bertz CT molecular complexity index is 561. The van der Waals surface area contributed by atoms with Crippen LogP contribution >= 0.6 is 0 Å². The van der Waals surface area contributed by atoms with Crippen LogP contribution < -0.4 is 5.73 Å². The van der Waals surface area contributed by atoms with Crippen LogP contribution in [-0.4, -0.2) is 51.6 Å². The Morgan fingerprint density at radius 1 is 1.57 bits per heavy atom. The number of rotatable bonds is 6. The number of nitrogens with two attached hydrogens (primary N) is 1. The van der Waals surface area contributed by atoms with Crippen LogP contribution in [0, 0.1) is 17.3 Å². The minimum Gasteiger partial charge on any atom is -0.513 e. The average molecular weight is 321 g/mol. The number of fused-ring (bicyclic) bond motifs is 3. The molecule has 1 saturated carbocycles. The van der Waals surface area contributed by atoms with Gasteiger partial charge in [0.15, 0.2) is 0 Å². The monoisotopic (exact) mass is 321 g/mol. The van der Waals surface area contributed by atoms with Gasteiger partial charge < -0.3 is 20.8 Å². The number of piperidine rings is 1. The molecule has 3 rings (SSSR count). The van der Waals surface area contributed by atoms with Gasteiger partial charge in [0, 0.05) is 24.5 Å². The molecule has 0 aromatic rings. The molecule has 5 unspecified atom stereocenters. The van der Waals surface area contributed by atoms with Crippen LogP contribution in [0.5, 0.6) is 0 Å². The van der Waals surface area contributed by atoms with Crippen molar-refractivity contribution >= 4 is 11.7 Å². The summed E-state index contributed by atoms with van der Waals surface area (Å²) in [5, 5.41) is 19.2. The van der Waals surface area contributed by atoms with Gasteiger partial charge in [-0.15, -0.1) is 0 Å². The molecule has 6 atom stereocenters. The third kappa shape index (κ3) is 2.35. The van der Waals surface area contributed by atoms with Gasteiger partial charge in [0.2, 0.25) is 5.91 Å². The fraction of sp³-hybridized carbons (Fsp3) is 0.765. The van der Waals surface area contributed by atoms with Crippen molar-refractivity contribution in [1.29, 1.82) is 0 Å². The van der Waals surface area contributed by atoms with E-state index in [1.54, 1.807) is 0 Å². The molecule has 6 nitrogen and oxygen atoms in total. The summed E-state index contributed by atoms with van der Waals surface area (Å²) >= 11 is 0. The minimum absolute atomic E-state index is 0.00222. The highest BCUT2D eigenvalue weighted by molar-refractivity contribution is 5.99. The normalized spacial score (nSPS) is 37.7. The summed E-state index contributed by atoms with van der Waals surface area (Å²) in [4.78, 5) is 19.6. The highest BCUT2D eigenvalue weighted by Crippen LogP contribution is 2.55. The van der Waals surface area contributed by atoms with Crippen molar-refractivity contribution < 1.29 is 15.0 Å². The Morgan fingerprint density at radius 3 is 2.83 bits per heavy atom. The Labute approximate surface area is 137 Å². The molecular formula is C17H27N3O3. The number of allylic oxidation sites excluding steroid dienone is 1. The summed E-state index contributed by atoms with van der Waals surface area (Å²) in [5.41, 5.74) is 5.55. The molecule has 1 saturated heterocycles. The maximum Gasteiger partial charge on any atom is 0.248 e. The summed E-state index contributed by atoms with van der Waals surface area (Å²) < 4.78 is 0. The number of amides is 1. The zero-order valence-electron chi connectivity index (χ0n) is 13.9. The van der Waals surface area contributed by atoms with E-state index in [1.165, 1.54) is 0 Å². The first-order valence-electron chi connectivity index (χ1n) is 8.49. The van der Waals surface area contributed by atoms with E-state index in [0.29, 0.717) is 30.5 Å². The van der Waals surface area contributed by atoms with Gasteiger partial charge in [0.25, 0.3) is 0 Å². The van der Waals surface area contributed by atoms with Gasteiger partial charge in [0.1, 0.15) is 11.9 Å². The van der Waals surface area contributed by atoms with E-state index >= 15 is 0 Å². The second-order valence-corrected chi connectivity index (χ2v) is 7.40. The van der Waals surface area contributed by atoms with Crippen LogP contribution in [0.2, 0.25) is 0 Å². The SMILES string of the molecule is C=C(O)CC(CC)(CCO)C1N=C(N)C2CC3C([C@H]3C)N2C1=O. The van der Waals surface area contributed by atoms with Crippen molar-refractivity contribution in [2.45, 2.75) is 57.7 Å². The van der Waals surface area contributed by atoms with Crippen LogP contribution in [0.3, 0.4) is 0 Å². The fourth-order valence-electron chi connectivity index (χ4n) is 4.76. The van der Waals surface area contributed by atoms with Crippen molar-refractivity contribution in [3.63, 3.8) is 0 Å². The molecule has 2 heterocycles. The topological polar surface area (TPSA) is 99.2 Å². The lowest BCUT2D eigenvalue weighted by atomic mass is 9.71. The van der Waals surface area contributed by atoms with Crippen LogP contribution in [0.25, 0.3) is 0 Å². The van der Waals surface area contributed by atoms with Gasteiger partial charge in [0.05, 0.1) is 11.8 Å².